The number of pyridine rings is 1. The molecule has 0 bridgehead atoms. The topological polar surface area (TPSA) is 78.1 Å². The fourth-order valence-corrected chi connectivity index (χ4v) is 1.60. The Balaban J connectivity index is 2.26. The molecule has 6 nitrogen and oxygen atoms in total. The normalized spacial score (nSPS) is 10.4. The molecule has 2 aromatic heterocycles. The summed E-state index contributed by atoms with van der Waals surface area (Å²) in [6, 6.07) is 3.72. The molecule has 94 valence electrons. The van der Waals surface area contributed by atoms with E-state index in [0.29, 0.717) is 5.82 Å². The first-order chi connectivity index (χ1) is 8.58. The molecule has 0 N–H and O–H groups in total. The fourth-order valence-electron chi connectivity index (χ4n) is 1.60. The van der Waals surface area contributed by atoms with Crippen LogP contribution >= 0.6 is 0 Å². The lowest BCUT2D eigenvalue weighted by molar-refractivity contribution is -0.140. The highest BCUT2D eigenvalue weighted by atomic mass is 16.5. The molecular weight excluding hydrogens is 234 g/mol. The van der Waals surface area contributed by atoms with Gasteiger partial charge in [0.1, 0.15) is 6.42 Å². The van der Waals surface area contributed by atoms with Gasteiger partial charge in [-0.1, -0.05) is 5.16 Å². The number of methoxy groups -OCH3 is 1. The molecule has 0 saturated carbocycles. The van der Waals surface area contributed by atoms with E-state index in [0.717, 1.165) is 17.0 Å². The van der Waals surface area contributed by atoms with Crippen molar-refractivity contribution in [2.45, 2.75) is 20.3 Å². The van der Waals surface area contributed by atoms with E-state index in [9.17, 15) is 4.79 Å². The standard InChI is InChI=1S/C12H13N3O3/c1-7-4-9(5-8(2)13-7)12-14-10(18-15-12)6-11(16)17-3/h4-5H,6H2,1-3H3. The van der Waals surface area contributed by atoms with Gasteiger partial charge in [0.15, 0.2) is 0 Å². The number of carbonyl (C=O) groups is 1. The molecule has 2 rings (SSSR count). The van der Waals surface area contributed by atoms with Crippen molar-refractivity contribution in [1.29, 1.82) is 0 Å². The van der Waals surface area contributed by atoms with Gasteiger partial charge in [0, 0.05) is 17.0 Å². The minimum atomic E-state index is -0.410. The Morgan fingerprint density at radius 3 is 2.56 bits per heavy atom. The predicted molar refractivity (Wildman–Crippen MR) is 62.7 cm³/mol. The van der Waals surface area contributed by atoms with Crippen molar-refractivity contribution in [3.05, 3.63) is 29.4 Å². The number of hydrogen-bond donors (Lipinski definition) is 0. The minimum Gasteiger partial charge on any atom is -0.469 e. The largest absolute Gasteiger partial charge is 0.469 e. The maximum absolute atomic E-state index is 11.1. The molecule has 0 aliphatic rings. The van der Waals surface area contributed by atoms with E-state index in [2.05, 4.69) is 19.9 Å². The van der Waals surface area contributed by atoms with Gasteiger partial charge in [-0.05, 0) is 26.0 Å². The molecule has 6 heteroatoms. The third kappa shape index (κ3) is 2.71. The Morgan fingerprint density at radius 2 is 1.94 bits per heavy atom. The zero-order valence-corrected chi connectivity index (χ0v) is 10.4. The number of carbonyl (C=O) groups excluding carboxylic acids is 1. The second kappa shape index (κ2) is 4.95. The summed E-state index contributed by atoms with van der Waals surface area (Å²) >= 11 is 0. The molecule has 0 aliphatic carbocycles. The summed E-state index contributed by atoms with van der Waals surface area (Å²) in [6.07, 6.45) is -0.0213. The molecule has 2 heterocycles. The summed E-state index contributed by atoms with van der Waals surface area (Å²) in [5.74, 6) is 0.277. The van der Waals surface area contributed by atoms with Crippen molar-refractivity contribution in [3.63, 3.8) is 0 Å². The van der Waals surface area contributed by atoms with Crippen LogP contribution < -0.4 is 0 Å². The highest BCUT2D eigenvalue weighted by Crippen LogP contribution is 2.17. The van der Waals surface area contributed by atoms with Crippen LogP contribution in [0.15, 0.2) is 16.7 Å². The fraction of sp³-hybridized carbons (Fsp3) is 0.333. The lowest BCUT2D eigenvalue weighted by Gasteiger charge is -1.98. The highest BCUT2D eigenvalue weighted by molar-refractivity contribution is 5.71. The monoisotopic (exact) mass is 247 g/mol. The molecule has 0 fully saturated rings. The minimum absolute atomic E-state index is 0.0213. The van der Waals surface area contributed by atoms with Gasteiger partial charge in [-0.25, -0.2) is 0 Å². The number of ether oxygens (including phenoxy) is 1. The van der Waals surface area contributed by atoms with Gasteiger partial charge in [-0.2, -0.15) is 4.98 Å². The van der Waals surface area contributed by atoms with Gasteiger partial charge in [-0.3, -0.25) is 9.78 Å². The maximum Gasteiger partial charge on any atom is 0.315 e. The molecular formula is C12H13N3O3. The lowest BCUT2D eigenvalue weighted by atomic mass is 10.2. The molecule has 0 atom stereocenters. The van der Waals surface area contributed by atoms with Crippen LogP contribution in [0.4, 0.5) is 0 Å². The molecule has 0 saturated heterocycles. The Kier molecular flexibility index (Phi) is 3.36. The van der Waals surface area contributed by atoms with Crippen LogP contribution in [0.3, 0.4) is 0 Å². The summed E-state index contributed by atoms with van der Waals surface area (Å²) < 4.78 is 9.52. The number of esters is 1. The van der Waals surface area contributed by atoms with Crippen LogP contribution in [0, 0.1) is 13.8 Å². The van der Waals surface area contributed by atoms with Crippen molar-refractivity contribution < 1.29 is 14.1 Å². The van der Waals surface area contributed by atoms with E-state index < -0.39 is 5.97 Å². The molecule has 2 aromatic rings. The summed E-state index contributed by atoms with van der Waals surface area (Å²) in [6.45, 7) is 3.79. The lowest BCUT2D eigenvalue weighted by Crippen LogP contribution is -2.04. The summed E-state index contributed by atoms with van der Waals surface area (Å²) in [4.78, 5) is 19.5. The van der Waals surface area contributed by atoms with Gasteiger partial charge in [0.25, 0.3) is 0 Å². The third-order valence-electron chi connectivity index (χ3n) is 2.33. The quantitative estimate of drug-likeness (QED) is 0.764. The predicted octanol–water partition coefficient (Wildman–Crippen LogP) is 1.46. The summed E-state index contributed by atoms with van der Waals surface area (Å²) in [7, 11) is 1.31. The van der Waals surface area contributed by atoms with Gasteiger partial charge >= 0.3 is 5.97 Å². The second-order valence-corrected chi connectivity index (χ2v) is 3.90. The van der Waals surface area contributed by atoms with Crippen LogP contribution in [0.25, 0.3) is 11.4 Å². The van der Waals surface area contributed by atoms with Crippen LogP contribution in [0.1, 0.15) is 17.3 Å². The van der Waals surface area contributed by atoms with Crippen LogP contribution in [-0.2, 0) is 16.0 Å². The highest BCUT2D eigenvalue weighted by Gasteiger charge is 2.13. The zero-order valence-electron chi connectivity index (χ0n) is 10.4. The average Bonchev–Trinajstić information content (AvgIpc) is 2.76. The van der Waals surface area contributed by atoms with Crippen molar-refractivity contribution >= 4 is 5.97 Å². The van der Waals surface area contributed by atoms with E-state index >= 15 is 0 Å². The Labute approximate surface area is 104 Å². The van der Waals surface area contributed by atoms with Crippen molar-refractivity contribution in [1.82, 2.24) is 15.1 Å². The first-order valence-corrected chi connectivity index (χ1v) is 5.43. The van der Waals surface area contributed by atoms with Gasteiger partial charge < -0.3 is 9.26 Å². The van der Waals surface area contributed by atoms with E-state index in [1.54, 1.807) is 0 Å². The SMILES string of the molecule is COC(=O)Cc1nc(-c2cc(C)nc(C)c2)no1. The number of hydrogen-bond acceptors (Lipinski definition) is 6. The van der Waals surface area contributed by atoms with Crippen molar-refractivity contribution in [2.24, 2.45) is 0 Å². The van der Waals surface area contributed by atoms with E-state index in [1.165, 1.54) is 7.11 Å². The first-order valence-electron chi connectivity index (χ1n) is 5.43. The Bertz CT molecular complexity index is 557. The second-order valence-electron chi connectivity index (χ2n) is 3.90. The summed E-state index contributed by atoms with van der Waals surface area (Å²) in [5.41, 5.74) is 2.58. The smallest absolute Gasteiger partial charge is 0.315 e. The van der Waals surface area contributed by atoms with Crippen LogP contribution in [-0.4, -0.2) is 28.2 Å². The van der Waals surface area contributed by atoms with Crippen molar-refractivity contribution in [2.75, 3.05) is 7.11 Å². The molecule has 0 aliphatic heterocycles. The third-order valence-corrected chi connectivity index (χ3v) is 2.33. The number of rotatable bonds is 3. The van der Waals surface area contributed by atoms with E-state index in [-0.39, 0.29) is 12.3 Å². The van der Waals surface area contributed by atoms with Gasteiger partial charge in [0.2, 0.25) is 11.7 Å². The average molecular weight is 247 g/mol. The number of aromatic nitrogens is 3. The van der Waals surface area contributed by atoms with Crippen LogP contribution in [0.2, 0.25) is 0 Å². The summed E-state index contributed by atoms with van der Waals surface area (Å²) in [5, 5.41) is 3.83. The Morgan fingerprint density at radius 1 is 1.28 bits per heavy atom. The Hall–Kier alpha value is -2.24. The molecule has 0 radical (unpaired) electrons. The van der Waals surface area contributed by atoms with E-state index in [4.69, 9.17) is 4.52 Å². The molecule has 0 aromatic carbocycles. The van der Waals surface area contributed by atoms with Gasteiger partial charge in [-0.15, -0.1) is 0 Å². The van der Waals surface area contributed by atoms with Crippen molar-refractivity contribution in [3.8, 4) is 11.4 Å². The zero-order chi connectivity index (χ0) is 13.1. The molecule has 0 spiro atoms. The van der Waals surface area contributed by atoms with Gasteiger partial charge in [0.05, 0.1) is 7.11 Å². The van der Waals surface area contributed by atoms with Crippen LogP contribution in [0.5, 0.6) is 0 Å². The maximum atomic E-state index is 11.1. The van der Waals surface area contributed by atoms with E-state index in [1.807, 2.05) is 26.0 Å². The molecule has 0 amide bonds. The number of aryl methyl sites for hydroxylation is 2. The molecule has 18 heavy (non-hydrogen) atoms. The molecule has 0 unspecified atom stereocenters. The first kappa shape index (κ1) is 12.2. The number of nitrogens with zero attached hydrogens (tertiary/aromatic N) is 3.